The van der Waals surface area contributed by atoms with Gasteiger partial charge in [0.2, 0.25) is 0 Å². The molecule has 150 valence electrons. The van der Waals surface area contributed by atoms with Crippen molar-refractivity contribution in [2.75, 3.05) is 32.8 Å². The minimum atomic E-state index is -0.279. The number of nitrogens with zero attached hydrogens (tertiary/aromatic N) is 2. The van der Waals surface area contributed by atoms with E-state index >= 15 is 0 Å². The third-order valence-corrected chi connectivity index (χ3v) is 7.79. The summed E-state index contributed by atoms with van der Waals surface area (Å²) < 4.78 is 6.35. The minimum Gasteiger partial charge on any atom is -0.400 e. The molecule has 6 nitrogen and oxygen atoms in total. The monoisotopic (exact) mass is 392 g/mol. The van der Waals surface area contributed by atoms with Crippen LogP contribution in [0.25, 0.3) is 0 Å². The fraction of sp³-hybridized carbons (Fsp3) is 0.700. The summed E-state index contributed by atoms with van der Waals surface area (Å²) >= 11 is 1.97. The molecule has 7 heteroatoms. The number of nitrogens with two attached hydrogens (primary N) is 2. The molecule has 1 aliphatic carbocycles. The molecule has 2 fully saturated rings. The van der Waals surface area contributed by atoms with E-state index in [1.54, 1.807) is 11.2 Å². The van der Waals surface area contributed by atoms with Crippen LogP contribution in [0.3, 0.4) is 0 Å². The third-order valence-electron chi connectivity index (χ3n) is 6.45. The summed E-state index contributed by atoms with van der Waals surface area (Å²) in [5, 5.41) is 11.1. The van der Waals surface area contributed by atoms with Gasteiger partial charge in [-0.1, -0.05) is 6.92 Å². The van der Waals surface area contributed by atoms with Gasteiger partial charge in [-0.3, -0.25) is 4.90 Å². The number of hydrazine groups is 1. The molecule has 0 amide bonds. The summed E-state index contributed by atoms with van der Waals surface area (Å²) in [5.41, 5.74) is 8.07. The van der Waals surface area contributed by atoms with Crippen LogP contribution in [-0.4, -0.2) is 53.4 Å². The zero-order chi connectivity index (χ0) is 19.1. The summed E-state index contributed by atoms with van der Waals surface area (Å²) in [5.74, 6) is 6.09. The Balaban J connectivity index is 1.38. The van der Waals surface area contributed by atoms with Crippen molar-refractivity contribution in [1.82, 2.24) is 9.91 Å². The highest BCUT2D eigenvalue weighted by Crippen LogP contribution is 2.44. The topological polar surface area (TPSA) is 88.0 Å². The van der Waals surface area contributed by atoms with Crippen molar-refractivity contribution in [2.24, 2.45) is 11.6 Å². The van der Waals surface area contributed by atoms with E-state index in [0.29, 0.717) is 6.54 Å². The average molecular weight is 393 g/mol. The highest BCUT2D eigenvalue weighted by Gasteiger charge is 2.46. The van der Waals surface area contributed by atoms with Crippen LogP contribution in [0.5, 0.6) is 0 Å². The van der Waals surface area contributed by atoms with E-state index in [0.717, 1.165) is 63.9 Å². The van der Waals surface area contributed by atoms with Gasteiger partial charge in [0.05, 0.1) is 24.4 Å². The summed E-state index contributed by atoms with van der Waals surface area (Å²) in [4.78, 5) is 5.39. The number of likely N-dealkylation sites (tertiary alicyclic amines) is 1. The Morgan fingerprint density at radius 1 is 1.37 bits per heavy atom. The van der Waals surface area contributed by atoms with Crippen LogP contribution in [0.1, 0.15) is 47.9 Å². The summed E-state index contributed by atoms with van der Waals surface area (Å²) in [6.07, 6.45) is 7.84. The van der Waals surface area contributed by atoms with Gasteiger partial charge in [-0.05, 0) is 43.7 Å². The van der Waals surface area contributed by atoms with Gasteiger partial charge < -0.3 is 20.6 Å². The lowest BCUT2D eigenvalue weighted by Gasteiger charge is -2.44. The summed E-state index contributed by atoms with van der Waals surface area (Å²) in [6, 6.07) is 2.39. The molecular weight excluding hydrogens is 360 g/mol. The van der Waals surface area contributed by atoms with Gasteiger partial charge >= 0.3 is 0 Å². The lowest BCUT2D eigenvalue weighted by Crippen LogP contribution is -2.47. The van der Waals surface area contributed by atoms with Crippen LogP contribution >= 0.6 is 11.3 Å². The average Bonchev–Trinajstić information content (AvgIpc) is 3.36. The smallest absolute Gasteiger partial charge is 0.0966 e. The minimum absolute atomic E-state index is 0.0829. The standard InChI is InChI=1S/C20H32N4O2S/c1-2-16-11-17-18(27-16)3-10-26-20(17)6-8-23(9-7-20)12-15(21)13-24(22)19(14-25)4-5-19/h11,13,25H,2-10,12,14,21-22H2,1H3/b15-13-. The molecule has 4 rings (SSSR count). The predicted octanol–water partition coefficient (Wildman–Crippen LogP) is 1.68. The number of piperidine rings is 1. The Hall–Kier alpha value is -1.12. The first kappa shape index (κ1) is 19.2. The second-order valence-corrected chi connectivity index (χ2v) is 9.49. The Kier molecular flexibility index (Phi) is 5.24. The van der Waals surface area contributed by atoms with Crippen molar-refractivity contribution < 1.29 is 9.84 Å². The van der Waals surface area contributed by atoms with Gasteiger partial charge in [-0.15, -0.1) is 11.3 Å². The molecule has 1 saturated heterocycles. The van der Waals surface area contributed by atoms with Gasteiger partial charge in [0, 0.05) is 47.7 Å². The Labute approximate surface area is 165 Å². The predicted molar refractivity (Wildman–Crippen MR) is 108 cm³/mol. The lowest BCUT2D eigenvalue weighted by atomic mass is 9.82. The van der Waals surface area contributed by atoms with Crippen LogP contribution in [0, 0.1) is 0 Å². The second kappa shape index (κ2) is 7.37. The van der Waals surface area contributed by atoms with Gasteiger partial charge in [-0.2, -0.15) is 0 Å². The molecule has 1 saturated carbocycles. The number of aliphatic hydroxyl groups excluding tert-OH is 1. The van der Waals surface area contributed by atoms with Crippen molar-refractivity contribution in [1.29, 1.82) is 0 Å². The van der Waals surface area contributed by atoms with Gasteiger partial charge in [0.15, 0.2) is 0 Å². The molecule has 0 radical (unpaired) electrons. The Morgan fingerprint density at radius 3 is 2.74 bits per heavy atom. The molecule has 0 atom stereocenters. The van der Waals surface area contributed by atoms with E-state index in [2.05, 4.69) is 17.9 Å². The molecule has 3 aliphatic rings. The number of fused-ring (bicyclic) bond motifs is 2. The molecule has 0 aromatic carbocycles. The first-order valence-corrected chi connectivity index (χ1v) is 10.9. The van der Waals surface area contributed by atoms with Crippen molar-refractivity contribution in [3.63, 3.8) is 0 Å². The maximum Gasteiger partial charge on any atom is 0.0966 e. The van der Waals surface area contributed by atoms with E-state index in [1.165, 1.54) is 15.3 Å². The molecule has 2 aliphatic heterocycles. The number of hydrogen-bond acceptors (Lipinski definition) is 7. The molecule has 3 heterocycles. The first-order valence-electron chi connectivity index (χ1n) is 10.1. The van der Waals surface area contributed by atoms with Crippen molar-refractivity contribution in [2.45, 2.75) is 56.6 Å². The molecule has 0 bridgehead atoms. The fourth-order valence-electron chi connectivity index (χ4n) is 4.39. The van der Waals surface area contributed by atoms with E-state index in [1.807, 2.05) is 11.3 Å². The lowest BCUT2D eigenvalue weighted by molar-refractivity contribution is -0.0961. The molecule has 27 heavy (non-hydrogen) atoms. The number of rotatable bonds is 6. The van der Waals surface area contributed by atoms with E-state index in [9.17, 15) is 5.11 Å². The van der Waals surface area contributed by atoms with Gasteiger partial charge in [-0.25, -0.2) is 5.84 Å². The van der Waals surface area contributed by atoms with Crippen LogP contribution in [0.2, 0.25) is 0 Å². The molecule has 1 spiro atoms. The zero-order valence-corrected chi connectivity index (χ0v) is 17.1. The van der Waals surface area contributed by atoms with E-state index < -0.39 is 0 Å². The van der Waals surface area contributed by atoms with Crippen LogP contribution < -0.4 is 11.6 Å². The molecule has 1 aromatic heterocycles. The number of hydrogen-bond donors (Lipinski definition) is 3. The van der Waals surface area contributed by atoms with E-state index in [4.69, 9.17) is 16.3 Å². The fourth-order valence-corrected chi connectivity index (χ4v) is 5.57. The van der Waals surface area contributed by atoms with Gasteiger partial charge in [0.1, 0.15) is 0 Å². The summed E-state index contributed by atoms with van der Waals surface area (Å²) in [6.45, 7) is 5.81. The van der Waals surface area contributed by atoms with Crippen molar-refractivity contribution in [3.05, 3.63) is 33.3 Å². The third kappa shape index (κ3) is 3.63. The summed E-state index contributed by atoms with van der Waals surface area (Å²) in [7, 11) is 0. The molecule has 1 aromatic rings. The Morgan fingerprint density at radius 2 is 2.11 bits per heavy atom. The number of aryl methyl sites for hydroxylation is 1. The van der Waals surface area contributed by atoms with Crippen molar-refractivity contribution in [3.8, 4) is 0 Å². The second-order valence-electron chi connectivity index (χ2n) is 8.27. The highest BCUT2D eigenvalue weighted by atomic mass is 32.1. The highest BCUT2D eigenvalue weighted by molar-refractivity contribution is 7.12. The van der Waals surface area contributed by atoms with Crippen molar-refractivity contribution >= 4 is 11.3 Å². The zero-order valence-electron chi connectivity index (χ0n) is 16.2. The van der Waals surface area contributed by atoms with Gasteiger partial charge in [0.25, 0.3) is 0 Å². The largest absolute Gasteiger partial charge is 0.400 e. The Bertz CT molecular complexity index is 705. The van der Waals surface area contributed by atoms with E-state index in [-0.39, 0.29) is 17.7 Å². The van der Waals surface area contributed by atoms with Crippen LogP contribution in [0.4, 0.5) is 0 Å². The van der Waals surface area contributed by atoms with Crippen LogP contribution in [0.15, 0.2) is 18.0 Å². The number of ether oxygens (including phenoxy) is 1. The van der Waals surface area contributed by atoms with Crippen LogP contribution in [-0.2, 0) is 23.2 Å². The normalized spacial score (nSPS) is 24.0. The maximum atomic E-state index is 9.49. The number of thiophene rings is 1. The number of aliphatic hydroxyl groups is 1. The molecular formula is C20H32N4O2S. The quantitative estimate of drug-likeness (QED) is 0.504. The maximum absolute atomic E-state index is 9.49. The molecule has 0 unspecified atom stereocenters. The molecule has 5 N–H and O–H groups in total. The SMILES string of the molecule is CCc1cc2c(s1)CCOC21CCN(C/C(N)=C/N(N)C2(CO)CC2)CC1. The first-order chi connectivity index (χ1) is 13.0.